The smallest absolute Gasteiger partial charge is 0.354 e. The van der Waals surface area contributed by atoms with Crippen molar-refractivity contribution in [1.82, 2.24) is 9.97 Å². The van der Waals surface area contributed by atoms with E-state index in [0.717, 1.165) is 0 Å². The molecule has 0 saturated heterocycles. The summed E-state index contributed by atoms with van der Waals surface area (Å²) in [5.41, 5.74) is 0.0243. The van der Waals surface area contributed by atoms with E-state index in [1.165, 1.54) is 6.07 Å². The molecule has 1 N–H and O–H groups in total. The Labute approximate surface area is 76.0 Å². The third kappa shape index (κ3) is 2.14. The summed E-state index contributed by atoms with van der Waals surface area (Å²) in [6.07, 6.45) is 0. The fourth-order valence-corrected chi connectivity index (χ4v) is 0.891. The average Bonchev–Trinajstić information content (AvgIpc) is 2.03. The minimum absolute atomic E-state index is 0.0243. The first kappa shape index (κ1) is 9.44. The van der Waals surface area contributed by atoms with E-state index in [1.54, 1.807) is 25.9 Å². The molecule has 0 aliphatic heterocycles. The molecule has 13 heavy (non-hydrogen) atoms. The van der Waals surface area contributed by atoms with Crippen molar-refractivity contribution >= 4 is 11.8 Å². The van der Waals surface area contributed by atoms with Crippen molar-refractivity contribution in [3.8, 4) is 0 Å². The van der Waals surface area contributed by atoms with Crippen LogP contribution in [0.4, 0.5) is 5.82 Å². The highest BCUT2D eigenvalue weighted by Gasteiger charge is 2.08. The van der Waals surface area contributed by atoms with Gasteiger partial charge in [-0.3, -0.25) is 0 Å². The zero-order valence-electron chi connectivity index (χ0n) is 7.77. The molecule has 0 saturated carbocycles. The number of rotatable bonds is 2. The number of carbonyl (C=O) groups is 1. The van der Waals surface area contributed by atoms with Crippen LogP contribution in [0.25, 0.3) is 0 Å². The molecule has 0 spiro atoms. The molecule has 0 radical (unpaired) electrons. The zero-order valence-corrected chi connectivity index (χ0v) is 7.77. The zero-order chi connectivity index (χ0) is 10.0. The molecule has 0 amide bonds. The summed E-state index contributed by atoms with van der Waals surface area (Å²) in [6.45, 7) is 1.67. The molecule has 5 nitrogen and oxygen atoms in total. The number of anilines is 1. The van der Waals surface area contributed by atoms with Gasteiger partial charge < -0.3 is 10.0 Å². The van der Waals surface area contributed by atoms with E-state index in [2.05, 4.69) is 9.97 Å². The SMILES string of the molecule is Cc1nc(C(=O)O)cc(N(C)C)n1. The number of aryl methyl sites for hydroxylation is 1. The molecule has 0 aliphatic carbocycles. The van der Waals surface area contributed by atoms with Crippen molar-refractivity contribution in [1.29, 1.82) is 0 Å². The van der Waals surface area contributed by atoms with E-state index in [9.17, 15) is 4.79 Å². The minimum Gasteiger partial charge on any atom is -0.477 e. The third-order valence-corrected chi connectivity index (χ3v) is 1.50. The Morgan fingerprint density at radius 1 is 1.46 bits per heavy atom. The molecule has 0 unspecified atom stereocenters. The van der Waals surface area contributed by atoms with Crippen molar-refractivity contribution in [3.05, 3.63) is 17.6 Å². The molecule has 0 fully saturated rings. The Balaban J connectivity index is 3.19. The van der Waals surface area contributed by atoms with Crippen molar-refractivity contribution in [2.75, 3.05) is 19.0 Å². The molecule has 70 valence electrons. The standard InChI is InChI=1S/C8H11N3O2/c1-5-9-6(8(12)13)4-7(10-5)11(2)3/h4H,1-3H3,(H,12,13). The van der Waals surface area contributed by atoms with E-state index in [-0.39, 0.29) is 5.69 Å². The summed E-state index contributed by atoms with van der Waals surface area (Å²) >= 11 is 0. The summed E-state index contributed by atoms with van der Waals surface area (Å²) in [6, 6.07) is 1.44. The van der Waals surface area contributed by atoms with E-state index >= 15 is 0 Å². The van der Waals surface area contributed by atoms with Crippen LogP contribution in [-0.2, 0) is 0 Å². The maximum Gasteiger partial charge on any atom is 0.354 e. The topological polar surface area (TPSA) is 66.3 Å². The molecule has 0 bridgehead atoms. The Kier molecular flexibility index (Phi) is 2.46. The molecule has 1 rings (SSSR count). The number of nitrogens with zero attached hydrogens (tertiary/aromatic N) is 3. The molecular formula is C8H11N3O2. The van der Waals surface area contributed by atoms with Crippen molar-refractivity contribution in [3.63, 3.8) is 0 Å². The number of carboxylic acids is 1. The highest BCUT2D eigenvalue weighted by atomic mass is 16.4. The maximum absolute atomic E-state index is 10.6. The van der Waals surface area contributed by atoms with Gasteiger partial charge in [-0.2, -0.15) is 0 Å². The number of hydrogen-bond donors (Lipinski definition) is 1. The summed E-state index contributed by atoms with van der Waals surface area (Å²) < 4.78 is 0. The first-order valence-corrected chi connectivity index (χ1v) is 3.77. The molecule has 1 aromatic heterocycles. The Hall–Kier alpha value is -1.65. The normalized spacial score (nSPS) is 9.77. The van der Waals surface area contributed by atoms with Crippen molar-refractivity contribution in [2.24, 2.45) is 0 Å². The Bertz CT molecular complexity index is 336. The fraction of sp³-hybridized carbons (Fsp3) is 0.375. The Morgan fingerprint density at radius 3 is 2.54 bits per heavy atom. The predicted molar refractivity (Wildman–Crippen MR) is 48.1 cm³/mol. The van der Waals surface area contributed by atoms with E-state index in [1.807, 2.05) is 0 Å². The Morgan fingerprint density at radius 2 is 2.08 bits per heavy atom. The van der Waals surface area contributed by atoms with Gasteiger partial charge in [0.1, 0.15) is 11.6 Å². The van der Waals surface area contributed by atoms with Crippen molar-refractivity contribution < 1.29 is 9.90 Å². The van der Waals surface area contributed by atoms with E-state index in [0.29, 0.717) is 11.6 Å². The van der Waals surface area contributed by atoms with Crippen LogP contribution in [0.1, 0.15) is 16.3 Å². The highest BCUT2D eigenvalue weighted by molar-refractivity contribution is 5.86. The van der Waals surface area contributed by atoms with Gasteiger partial charge in [0.25, 0.3) is 0 Å². The van der Waals surface area contributed by atoms with Gasteiger partial charge in [-0.05, 0) is 6.92 Å². The van der Waals surface area contributed by atoms with Crippen LogP contribution in [-0.4, -0.2) is 35.1 Å². The van der Waals surface area contributed by atoms with Crippen LogP contribution in [0.3, 0.4) is 0 Å². The lowest BCUT2D eigenvalue weighted by Crippen LogP contribution is -2.14. The second-order valence-corrected chi connectivity index (χ2v) is 2.86. The lowest BCUT2D eigenvalue weighted by molar-refractivity contribution is 0.0690. The first-order chi connectivity index (χ1) is 6.00. The summed E-state index contributed by atoms with van der Waals surface area (Å²) in [5, 5.41) is 8.71. The molecule has 0 aromatic carbocycles. The quantitative estimate of drug-likeness (QED) is 0.721. The number of carboxylic acid groups (broad SMARTS) is 1. The molecule has 1 aromatic rings. The van der Waals surface area contributed by atoms with Crippen LogP contribution in [0, 0.1) is 6.92 Å². The number of hydrogen-bond acceptors (Lipinski definition) is 4. The lowest BCUT2D eigenvalue weighted by atomic mass is 10.3. The van der Waals surface area contributed by atoms with Gasteiger partial charge in [0.2, 0.25) is 0 Å². The second-order valence-electron chi connectivity index (χ2n) is 2.86. The van der Waals surface area contributed by atoms with Gasteiger partial charge in [0, 0.05) is 20.2 Å². The first-order valence-electron chi connectivity index (χ1n) is 3.77. The average molecular weight is 181 g/mol. The van der Waals surface area contributed by atoms with Gasteiger partial charge in [0.05, 0.1) is 0 Å². The van der Waals surface area contributed by atoms with Gasteiger partial charge in [-0.25, -0.2) is 14.8 Å². The fourth-order valence-electron chi connectivity index (χ4n) is 0.891. The van der Waals surface area contributed by atoms with E-state index < -0.39 is 5.97 Å². The number of aromatic nitrogens is 2. The summed E-state index contributed by atoms with van der Waals surface area (Å²) in [7, 11) is 3.60. The summed E-state index contributed by atoms with van der Waals surface area (Å²) in [4.78, 5) is 20.2. The largest absolute Gasteiger partial charge is 0.477 e. The summed E-state index contributed by atoms with van der Waals surface area (Å²) in [5.74, 6) is 0.0297. The van der Waals surface area contributed by atoms with Gasteiger partial charge in [-0.15, -0.1) is 0 Å². The maximum atomic E-state index is 10.6. The molecule has 5 heteroatoms. The predicted octanol–water partition coefficient (Wildman–Crippen LogP) is 0.549. The van der Waals surface area contributed by atoms with Gasteiger partial charge >= 0.3 is 5.97 Å². The highest BCUT2D eigenvalue weighted by Crippen LogP contribution is 2.08. The van der Waals surface area contributed by atoms with Gasteiger partial charge in [0.15, 0.2) is 5.69 Å². The minimum atomic E-state index is -1.03. The molecular weight excluding hydrogens is 170 g/mol. The van der Waals surface area contributed by atoms with Crippen molar-refractivity contribution in [2.45, 2.75) is 6.92 Å². The second kappa shape index (κ2) is 3.38. The van der Waals surface area contributed by atoms with Crippen LogP contribution >= 0.6 is 0 Å². The van der Waals surface area contributed by atoms with Crippen LogP contribution < -0.4 is 4.90 Å². The van der Waals surface area contributed by atoms with Crippen LogP contribution in [0.5, 0.6) is 0 Å². The van der Waals surface area contributed by atoms with Crippen LogP contribution in [0.2, 0.25) is 0 Å². The molecule has 0 aliphatic rings. The number of aromatic carboxylic acids is 1. The van der Waals surface area contributed by atoms with E-state index in [4.69, 9.17) is 5.11 Å². The third-order valence-electron chi connectivity index (χ3n) is 1.50. The monoisotopic (exact) mass is 181 g/mol. The lowest BCUT2D eigenvalue weighted by Gasteiger charge is -2.11. The molecule has 0 atom stereocenters. The van der Waals surface area contributed by atoms with Crippen LogP contribution in [0.15, 0.2) is 6.07 Å². The van der Waals surface area contributed by atoms with Gasteiger partial charge in [-0.1, -0.05) is 0 Å². The molecule has 1 heterocycles.